The Bertz CT molecular complexity index is 509. The van der Waals surface area contributed by atoms with Gasteiger partial charge in [0.1, 0.15) is 11.4 Å². The number of rotatable bonds is 9. The zero-order valence-electron chi connectivity index (χ0n) is 15.2. The molecule has 1 fully saturated rings. The molecule has 0 radical (unpaired) electrons. The summed E-state index contributed by atoms with van der Waals surface area (Å²) in [5.41, 5.74) is 0.586. The first-order valence-corrected chi connectivity index (χ1v) is 9.33. The van der Waals surface area contributed by atoms with Crippen LogP contribution in [0.5, 0.6) is 5.75 Å². The number of nitriles is 1. The van der Waals surface area contributed by atoms with E-state index in [0.717, 1.165) is 70.6 Å². The summed E-state index contributed by atoms with van der Waals surface area (Å²) in [6.07, 6.45) is 5.46. The van der Waals surface area contributed by atoms with Gasteiger partial charge >= 0.3 is 0 Å². The zero-order chi connectivity index (χ0) is 17.3. The van der Waals surface area contributed by atoms with Crippen LogP contribution in [0.25, 0.3) is 0 Å². The number of ether oxygens (including phenoxy) is 1. The first kappa shape index (κ1) is 18.8. The molecular formula is C20H31N3O. The van der Waals surface area contributed by atoms with Crippen molar-refractivity contribution in [2.45, 2.75) is 51.6 Å². The molecule has 1 aromatic carbocycles. The molecule has 1 aliphatic rings. The lowest BCUT2D eigenvalue weighted by Crippen LogP contribution is -2.46. The SMILES string of the molecule is CCCC(CCC)(CCN1CCNCC1)Oc1ccc(C#N)cc1. The van der Waals surface area contributed by atoms with E-state index in [9.17, 15) is 0 Å². The maximum absolute atomic E-state index is 8.96. The molecule has 1 heterocycles. The van der Waals surface area contributed by atoms with Crippen LogP contribution < -0.4 is 10.1 Å². The lowest BCUT2D eigenvalue weighted by Gasteiger charge is -2.37. The summed E-state index contributed by atoms with van der Waals surface area (Å²) >= 11 is 0. The maximum Gasteiger partial charge on any atom is 0.120 e. The van der Waals surface area contributed by atoms with Gasteiger partial charge in [0.15, 0.2) is 0 Å². The van der Waals surface area contributed by atoms with Gasteiger partial charge in [-0.25, -0.2) is 0 Å². The Morgan fingerprint density at radius 1 is 1.08 bits per heavy atom. The van der Waals surface area contributed by atoms with E-state index in [-0.39, 0.29) is 5.60 Å². The van der Waals surface area contributed by atoms with Crippen molar-refractivity contribution in [3.8, 4) is 11.8 Å². The van der Waals surface area contributed by atoms with Gasteiger partial charge in [-0.3, -0.25) is 0 Å². The van der Waals surface area contributed by atoms with E-state index in [2.05, 4.69) is 30.1 Å². The molecule has 1 N–H and O–H groups in total. The molecule has 1 aromatic rings. The molecule has 0 spiro atoms. The number of hydrogen-bond acceptors (Lipinski definition) is 4. The fraction of sp³-hybridized carbons (Fsp3) is 0.650. The van der Waals surface area contributed by atoms with Crippen LogP contribution in [-0.2, 0) is 0 Å². The Kier molecular flexibility index (Phi) is 7.55. The van der Waals surface area contributed by atoms with Crippen molar-refractivity contribution >= 4 is 0 Å². The Hall–Kier alpha value is -1.57. The summed E-state index contributed by atoms with van der Waals surface area (Å²) in [4.78, 5) is 2.54. The first-order valence-electron chi connectivity index (χ1n) is 9.33. The number of piperazine rings is 1. The van der Waals surface area contributed by atoms with E-state index < -0.39 is 0 Å². The standard InChI is InChI=1S/C20H31N3O/c1-3-9-20(10-4-2,11-14-23-15-12-22-13-16-23)24-19-7-5-18(17-21)6-8-19/h5-8,22H,3-4,9-16H2,1-2H3. The van der Waals surface area contributed by atoms with Crippen molar-refractivity contribution in [1.29, 1.82) is 5.26 Å². The third-order valence-corrected chi connectivity index (χ3v) is 4.82. The number of nitrogens with zero attached hydrogens (tertiary/aromatic N) is 2. The average molecular weight is 329 g/mol. The Labute approximate surface area is 146 Å². The number of hydrogen-bond donors (Lipinski definition) is 1. The highest BCUT2D eigenvalue weighted by atomic mass is 16.5. The van der Waals surface area contributed by atoms with Gasteiger partial charge in [0.05, 0.1) is 11.6 Å². The van der Waals surface area contributed by atoms with Crippen molar-refractivity contribution in [3.05, 3.63) is 29.8 Å². The van der Waals surface area contributed by atoms with Crippen molar-refractivity contribution in [2.24, 2.45) is 0 Å². The monoisotopic (exact) mass is 329 g/mol. The topological polar surface area (TPSA) is 48.3 Å². The lowest BCUT2D eigenvalue weighted by atomic mass is 9.88. The van der Waals surface area contributed by atoms with Gasteiger partial charge in [0.2, 0.25) is 0 Å². The summed E-state index contributed by atoms with van der Waals surface area (Å²) in [6.45, 7) is 10.00. The Morgan fingerprint density at radius 2 is 1.71 bits per heavy atom. The van der Waals surface area contributed by atoms with Crippen LogP contribution in [0.4, 0.5) is 0 Å². The summed E-state index contributed by atoms with van der Waals surface area (Å²) in [5.74, 6) is 0.885. The third-order valence-electron chi connectivity index (χ3n) is 4.82. The van der Waals surface area contributed by atoms with E-state index in [1.165, 1.54) is 0 Å². The van der Waals surface area contributed by atoms with Gasteiger partial charge in [-0.1, -0.05) is 26.7 Å². The van der Waals surface area contributed by atoms with E-state index in [0.29, 0.717) is 5.56 Å². The van der Waals surface area contributed by atoms with Gasteiger partial charge in [-0.2, -0.15) is 5.26 Å². The largest absolute Gasteiger partial charge is 0.487 e. The fourth-order valence-electron chi connectivity index (χ4n) is 3.58. The molecule has 0 unspecified atom stereocenters. The molecule has 2 rings (SSSR count). The average Bonchev–Trinajstić information content (AvgIpc) is 2.62. The van der Waals surface area contributed by atoms with Crippen LogP contribution in [0.3, 0.4) is 0 Å². The maximum atomic E-state index is 8.96. The van der Waals surface area contributed by atoms with Crippen LogP contribution in [0.2, 0.25) is 0 Å². The molecule has 0 atom stereocenters. The molecular weight excluding hydrogens is 298 g/mol. The van der Waals surface area contributed by atoms with E-state index in [4.69, 9.17) is 10.00 Å². The zero-order valence-corrected chi connectivity index (χ0v) is 15.2. The molecule has 0 aliphatic carbocycles. The minimum Gasteiger partial charge on any atom is -0.487 e. The summed E-state index contributed by atoms with van der Waals surface area (Å²) < 4.78 is 6.52. The molecule has 1 aliphatic heterocycles. The highest BCUT2D eigenvalue weighted by Gasteiger charge is 2.31. The van der Waals surface area contributed by atoms with E-state index in [1.807, 2.05) is 24.3 Å². The second-order valence-corrected chi connectivity index (χ2v) is 6.76. The summed E-state index contributed by atoms with van der Waals surface area (Å²) in [6, 6.07) is 9.72. The molecule has 24 heavy (non-hydrogen) atoms. The van der Waals surface area contributed by atoms with Gasteiger partial charge in [-0.05, 0) is 43.5 Å². The smallest absolute Gasteiger partial charge is 0.120 e. The second-order valence-electron chi connectivity index (χ2n) is 6.76. The van der Waals surface area contributed by atoms with Crippen molar-refractivity contribution in [3.63, 3.8) is 0 Å². The predicted octanol–water partition coefficient (Wildman–Crippen LogP) is 3.57. The van der Waals surface area contributed by atoms with Gasteiger partial charge in [-0.15, -0.1) is 0 Å². The first-order chi connectivity index (χ1) is 11.7. The van der Waals surface area contributed by atoms with Gasteiger partial charge in [0.25, 0.3) is 0 Å². The Balaban J connectivity index is 2.06. The predicted molar refractivity (Wildman–Crippen MR) is 98.3 cm³/mol. The van der Waals surface area contributed by atoms with Crippen LogP contribution in [0, 0.1) is 11.3 Å². The van der Waals surface area contributed by atoms with Crippen LogP contribution in [-0.4, -0.2) is 43.2 Å². The van der Waals surface area contributed by atoms with Gasteiger partial charge < -0.3 is 15.0 Å². The van der Waals surface area contributed by atoms with Crippen molar-refractivity contribution in [1.82, 2.24) is 10.2 Å². The molecule has 0 aromatic heterocycles. The minimum atomic E-state index is -0.0947. The lowest BCUT2D eigenvalue weighted by molar-refractivity contribution is 0.0280. The molecule has 132 valence electrons. The minimum absolute atomic E-state index is 0.0947. The van der Waals surface area contributed by atoms with Crippen LogP contribution in [0.15, 0.2) is 24.3 Å². The number of benzene rings is 1. The highest BCUT2D eigenvalue weighted by molar-refractivity contribution is 5.34. The van der Waals surface area contributed by atoms with Crippen LogP contribution >= 0.6 is 0 Å². The second kappa shape index (κ2) is 9.66. The molecule has 0 bridgehead atoms. The van der Waals surface area contributed by atoms with Crippen LogP contribution in [0.1, 0.15) is 51.5 Å². The van der Waals surface area contributed by atoms with Crippen molar-refractivity contribution in [2.75, 3.05) is 32.7 Å². The molecule has 1 saturated heterocycles. The highest BCUT2D eigenvalue weighted by Crippen LogP contribution is 2.31. The fourth-order valence-corrected chi connectivity index (χ4v) is 3.58. The molecule has 4 nitrogen and oxygen atoms in total. The normalized spacial score (nSPS) is 15.9. The molecule has 4 heteroatoms. The molecule has 0 saturated carbocycles. The van der Waals surface area contributed by atoms with E-state index in [1.54, 1.807) is 0 Å². The van der Waals surface area contributed by atoms with E-state index >= 15 is 0 Å². The third kappa shape index (κ3) is 5.51. The Morgan fingerprint density at radius 3 is 2.25 bits per heavy atom. The summed E-state index contributed by atoms with van der Waals surface area (Å²) in [7, 11) is 0. The quantitative estimate of drug-likeness (QED) is 0.752. The van der Waals surface area contributed by atoms with Crippen molar-refractivity contribution < 1.29 is 4.74 Å². The molecule has 0 amide bonds. The number of nitrogens with one attached hydrogen (secondary N) is 1. The summed E-state index contributed by atoms with van der Waals surface area (Å²) in [5, 5.41) is 12.4. The van der Waals surface area contributed by atoms with Gasteiger partial charge in [0, 0.05) is 32.7 Å².